The Morgan fingerprint density at radius 1 is 1.19 bits per heavy atom. The highest BCUT2D eigenvalue weighted by molar-refractivity contribution is 6.03. The van der Waals surface area contributed by atoms with Gasteiger partial charge in [0.25, 0.3) is 0 Å². The fraction of sp³-hybridized carbons (Fsp3) is 0.263. The quantitative estimate of drug-likeness (QED) is 0.883. The van der Waals surface area contributed by atoms with E-state index in [0.717, 1.165) is 12.1 Å². The summed E-state index contributed by atoms with van der Waals surface area (Å²) in [6.45, 7) is 0.150. The van der Waals surface area contributed by atoms with Crippen LogP contribution in [0.2, 0.25) is 0 Å². The molecule has 0 aliphatic carbocycles. The minimum Gasteiger partial charge on any atom is -0.497 e. The first-order valence-corrected chi connectivity index (χ1v) is 8.20. The maximum absolute atomic E-state index is 12.8. The van der Waals surface area contributed by atoms with Crippen molar-refractivity contribution in [3.8, 4) is 5.75 Å². The topological polar surface area (TPSA) is 58.6 Å². The van der Waals surface area contributed by atoms with E-state index in [1.54, 1.807) is 24.3 Å². The van der Waals surface area contributed by atoms with E-state index in [1.807, 2.05) is 0 Å². The van der Waals surface area contributed by atoms with Gasteiger partial charge >= 0.3 is 6.18 Å². The van der Waals surface area contributed by atoms with Gasteiger partial charge in [-0.15, -0.1) is 0 Å². The molecule has 2 aromatic carbocycles. The number of ether oxygens (including phenoxy) is 1. The second-order valence-corrected chi connectivity index (χ2v) is 6.17. The molecule has 5 nitrogen and oxygen atoms in total. The Kier molecular flexibility index (Phi) is 5.07. The van der Waals surface area contributed by atoms with Crippen LogP contribution in [-0.4, -0.2) is 25.5 Å². The summed E-state index contributed by atoms with van der Waals surface area (Å²) in [5, 5.41) is 2.47. The molecule has 1 fully saturated rings. The van der Waals surface area contributed by atoms with Gasteiger partial charge in [-0.1, -0.05) is 12.1 Å². The molecule has 1 N–H and O–H groups in total. The number of benzene rings is 2. The van der Waals surface area contributed by atoms with Crippen molar-refractivity contribution < 1.29 is 27.5 Å². The van der Waals surface area contributed by atoms with E-state index in [-0.39, 0.29) is 24.6 Å². The summed E-state index contributed by atoms with van der Waals surface area (Å²) in [6.07, 6.45) is -4.50. The smallest absolute Gasteiger partial charge is 0.416 e. The third-order valence-corrected chi connectivity index (χ3v) is 4.32. The fourth-order valence-corrected chi connectivity index (χ4v) is 2.93. The number of hydrogen-bond donors (Lipinski definition) is 1. The zero-order valence-electron chi connectivity index (χ0n) is 14.4. The molecule has 27 heavy (non-hydrogen) atoms. The normalized spacial score (nSPS) is 17.1. The number of methoxy groups -OCH3 is 1. The fourth-order valence-electron chi connectivity index (χ4n) is 2.93. The predicted octanol–water partition coefficient (Wildman–Crippen LogP) is 3.71. The largest absolute Gasteiger partial charge is 0.497 e. The highest BCUT2D eigenvalue weighted by Gasteiger charge is 2.36. The summed E-state index contributed by atoms with van der Waals surface area (Å²) < 4.78 is 43.5. The van der Waals surface area contributed by atoms with Gasteiger partial charge in [0.05, 0.1) is 18.6 Å². The number of rotatable bonds is 4. The monoisotopic (exact) mass is 378 g/mol. The highest BCUT2D eigenvalue weighted by atomic mass is 19.4. The number of amides is 2. The lowest BCUT2D eigenvalue weighted by Gasteiger charge is -2.17. The van der Waals surface area contributed by atoms with Gasteiger partial charge in [0.1, 0.15) is 5.75 Å². The van der Waals surface area contributed by atoms with E-state index in [4.69, 9.17) is 4.74 Å². The van der Waals surface area contributed by atoms with Crippen LogP contribution in [0.25, 0.3) is 0 Å². The number of nitrogens with one attached hydrogen (secondary N) is 1. The second kappa shape index (κ2) is 7.30. The summed E-state index contributed by atoms with van der Waals surface area (Å²) in [7, 11) is 1.51. The van der Waals surface area contributed by atoms with E-state index in [1.165, 1.54) is 24.1 Å². The van der Waals surface area contributed by atoms with Crippen LogP contribution in [-0.2, 0) is 15.8 Å². The van der Waals surface area contributed by atoms with Crippen molar-refractivity contribution in [1.29, 1.82) is 0 Å². The summed E-state index contributed by atoms with van der Waals surface area (Å²) >= 11 is 0. The number of alkyl halides is 3. The molecule has 0 spiro atoms. The lowest BCUT2D eigenvalue weighted by atomic mass is 10.1. The van der Waals surface area contributed by atoms with E-state index in [9.17, 15) is 22.8 Å². The predicted molar refractivity (Wildman–Crippen MR) is 93.5 cm³/mol. The molecular formula is C19H17F3N2O3. The second-order valence-electron chi connectivity index (χ2n) is 6.17. The highest BCUT2D eigenvalue weighted by Crippen LogP contribution is 2.32. The van der Waals surface area contributed by atoms with Crippen molar-refractivity contribution in [1.82, 2.24) is 0 Å². The van der Waals surface area contributed by atoms with Gasteiger partial charge < -0.3 is 15.0 Å². The van der Waals surface area contributed by atoms with E-state index >= 15 is 0 Å². The van der Waals surface area contributed by atoms with Gasteiger partial charge in [-0.3, -0.25) is 9.59 Å². The number of carbonyl (C=O) groups is 2. The Labute approximate surface area is 153 Å². The van der Waals surface area contributed by atoms with Gasteiger partial charge in [0.2, 0.25) is 11.8 Å². The molecule has 0 bridgehead atoms. The van der Waals surface area contributed by atoms with Crippen molar-refractivity contribution >= 4 is 23.2 Å². The van der Waals surface area contributed by atoms with Crippen molar-refractivity contribution in [3.63, 3.8) is 0 Å². The maximum atomic E-state index is 12.8. The third kappa shape index (κ3) is 4.21. The lowest BCUT2D eigenvalue weighted by molar-refractivity contribution is -0.137. The third-order valence-electron chi connectivity index (χ3n) is 4.32. The van der Waals surface area contributed by atoms with Crippen molar-refractivity contribution in [3.05, 3.63) is 54.1 Å². The first kappa shape index (κ1) is 18.8. The molecule has 0 saturated carbocycles. The van der Waals surface area contributed by atoms with Crippen LogP contribution in [0.1, 0.15) is 12.0 Å². The maximum Gasteiger partial charge on any atom is 0.416 e. The van der Waals surface area contributed by atoms with Crippen LogP contribution in [0, 0.1) is 5.92 Å². The molecule has 3 rings (SSSR count). The first-order valence-electron chi connectivity index (χ1n) is 8.20. The lowest BCUT2D eigenvalue weighted by Crippen LogP contribution is -2.28. The molecule has 2 aromatic rings. The molecule has 2 amide bonds. The molecule has 8 heteroatoms. The van der Waals surface area contributed by atoms with E-state index in [0.29, 0.717) is 11.4 Å². The number of hydrogen-bond acceptors (Lipinski definition) is 3. The summed E-state index contributed by atoms with van der Waals surface area (Å²) in [6, 6.07) is 11.3. The van der Waals surface area contributed by atoms with Gasteiger partial charge in [-0.25, -0.2) is 0 Å². The molecule has 1 atom stereocenters. The average Bonchev–Trinajstić information content (AvgIpc) is 3.03. The van der Waals surface area contributed by atoms with Crippen LogP contribution in [0.5, 0.6) is 5.75 Å². The van der Waals surface area contributed by atoms with Crippen LogP contribution in [0.4, 0.5) is 24.5 Å². The number of anilines is 2. The molecule has 0 radical (unpaired) electrons. The zero-order chi connectivity index (χ0) is 19.6. The molecule has 1 saturated heterocycles. The van der Waals surface area contributed by atoms with E-state index in [2.05, 4.69) is 5.32 Å². The Balaban J connectivity index is 1.71. The standard InChI is InChI=1S/C19H17F3N2O3/c1-27-16-7-3-6-15(10-16)24-11-12(8-17(24)25)18(26)23-14-5-2-4-13(9-14)19(20,21)22/h2-7,9-10,12H,8,11H2,1H3,(H,23,26)/t12-/m0/s1. The molecule has 1 heterocycles. The summed E-state index contributed by atoms with van der Waals surface area (Å²) in [5.74, 6) is -0.795. The first-order chi connectivity index (χ1) is 12.8. The number of carbonyl (C=O) groups excluding carboxylic acids is 2. The molecule has 1 aliphatic rings. The Morgan fingerprint density at radius 2 is 1.93 bits per heavy atom. The molecular weight excluding hydrogens is 361 g/mol. The molecule has 1 aliphatic heterocycles. The van der Waals surface area contributed by atoms with Gasteiger partial charge in [0, 0.05) is 30.4 Å². The van der Waals surface area contributed by atoms with Crippen molar-refractivity contribution in [2.24, 2.45) is 5.92 Å². The van der Waals surface area contributed by atoms with Gasteiger partial charge in [0.15, 0.2) is 0 Å². The SMILES string of the molecule is COc1cccc(N2C[C@@H](C(=O)Nc3cccc(C(F)(F)F)c3)CC2=O)c1. The molecule has 142 valence electrons. The Bertz CT molecular complexity index is 867. The average molecular weight is 378 g/mol. The van der Waals surface area contributed by atoms with E-state index < -0.39 is 23.6 Å². The molecule has 0 unspecified atom stereocenters. The molecule has 0 aromatic heterocycles. The number of halogens is 3. The van der Waals surface area contributed by atoms with Crippen molar-refractivity contribution in [2.75, 3.05) is 23.9 Å². The Morgan fingerprint density at radius 3 is 2.63 bits per heavy atom. The summed E-state index contributed by atoms with van der Waals surface area (Å²) in [4.78, 5) is 26.2. The van der Waals surface area contributed by atoms with Crippen LogP contribution in [0.15, 0.2) is 48.5 Å². The summed E-state index contributed by atoms with van der Waals surface area (Å²) in [5.41, 5.74) is -0.198. The van der Waals surface area contributed by atoms with Crippen molar-refractivity contribution in [2.45, 2.75) is 12.6 Å². The van der Waals surface area contributed by atoms with Crippen LogP contribution < -0.4 is 15.0 Å². The zero-order valence-corrected chi connectivity index (χ0v) is 14.4. The van der Waals surface area contributed by atoms with Gasteiger partial charge in [-0.05, 0) is 30.3 Å². The van der Waals surface area contributed by atoms with Gasteiger partial charge in [-0.2, -0.15) is 13.2 Å². The minimum absolute atomic E-state index is 0.0119. The van der Waals surface area contributed by atoms with Crippen LogP contribution in [0.3, 0.4) is 0 Å². The number of nitrogens with zero attached hydrogens (tertiary/aromatic N) is 1. The Hall–Kier alpha value is -3.03. The van der Waals surface area contributed by atoms with Crippen LogP contribution >= 0.6 is 0 Å². The minimum atomic E-state index is -4.49.